The molecule has 1 aromatic heterocycles. The van der Waals surface area contributed by atoms with Crippen molar-refractivity contribution in [3.63, 3.8) is 0 Å². The SMILES string of the molecule is OCC(CO)(CCc1ccsc1)c1ccccc1F. The van der Waals surface area contributed by atoms with Gasteiger partial charge in [0.05, 0.1) is 13.2 Å². The number of hydrogen-bond acceptors (Lipinski definition) is 3. The Balaban J connectivity index is 2.24. The monoisotopic (exact) mass is 280 g/mol. The summed E-state index contributed by atoms with van der Waals surface area (Å²) >= 11 is 1.61. The molecule has 2 N–H and O–H groups in total. The normalized spacial score (nSPS) is 11.7. The van der Waals surface area contributed by atoms with E-state index in [0.29, 0.717) is 18.4 Å². The summed E-state index contributed by atoms with van der Waals surface area (Å²) in [5, 5.41) is 23.3. The van der Waals surface area contributed by atoms with E-state index in [-0.39, 0.29) is 19.0 Å². The van der Waals surface area contributed by atoms with Crippen LogP contribution in [0, 0.1) is 5.82 Å². The van der Waals surface area contributed by atoms with Gasteiger partial charge in [0.25, 0.3) is 0 Å². The number of rotatable bonds is 6. The second-order valence-corrected chi connectivity index (χ2v) is 5.49. The number of aliphatic hydroxyl groups is 2. The molecule has 0 bridgehead atoms. The van der Waals surface area contributed by atoms with Gasteiger partial charge in [-0.1, -0.05) is 18.2 Å². The predicted molar refractivity (Wildman–Crippen MR) is 74.9 cm³/mol. The minimum absolute atomic E-state index is 0.269. The fourth-order valence-corrected chi connectivity index (χ4v) is 2.93. The largest absolute Gasteiger partial charge is 0.395 e. The molecule has 1 aromatic carbocycles. The van der Waals surface area contributed by atoms with E-state index in [0.717, 1.165) is 5.56 Å². The van der Waals surface area contributed by atoms with Crippen LogP contribution in [0.4, 0.5) is 4.39 Å². The van der Waals surface area contributed by atoms with Crippen LogP contribution in [0.2, 0.25) is 0 Å². The summed E-state index contributed by atoms with van der Waals surface area (Å²) in [4.78, 5) is 0. The van der Waals surface area contributed by atoms with Crippen LogP contribution >= 0.6 is 11.3 Å². The van der Waals surface area contributed by atoms with Gasteiger partial charge in [-0.2, -0.15) is 11.3 Å². The zero-order valence-corrected chi connectivity index (χ0v) is 11.4. The summed E-state index contributed by atoms with van der Waals surface area (Å²) in [5.41, 5.74) is 0.607. The van der Waals surface area contributed by atoms with Gasteiger partial charge in [-0.3, -0.25) is 0 Å². The fraction of sp³-hybridized carbons (Fsp3) is 0.333. The third-order valence-corrected chi connectivity index (χ3v) is 4.25. The van der Waals surface area contributed by atoms with E-state index in [1.807, 2.05) is 16.8 Å². The van der Waals surface area contributed by atoms with Crippen LogP contribution in [0.5, 0.6) is 0 Å². The molecule has 0 aliphatic heterocycles. The Labute approximate surface area is 116 Å². The summed E-state index contributed by atoms with van der Waals surface area (Å²) < 4.78 is 13.9. The Morgan fingerprint density at radius 1 is 1.11 bits per heavy atom. The molecule has 0 fully saturated rings. The highest BCUT2D eigenvalue weighted by atomic mass is 32.1. The van der Waals surface area contributed by atoms with Crippen LogP contribution < -0.4 is 0 Å². The zero-order chi connectivity index (χ0) is 13.7. The molecule has 0 spiro atoms. The lowest BCUT2D eigenvalue weighted by Gasteiger charge is -2.30. The molecule has 2 rings (SSSR count). The molecule has 2 nitrogen and oxygen atoms in total. The number of benzene rings is 1. The van der Waals surface area contributed by atoms with Gasteiger partial charge in [-0.05, 0) is 46.9 Å². The standard InChI is InChI=1S/C15H17FO2S/c16-14-4-2-1-3-13(14)15(10-17,11-18)7-5-12-6-8-19-9-12/h1-4,6,8-9,17-18H,5,7,10-11H2. The Kier molecular flexibility index (Phi) is 4.69. The number of thiophene rings is 1. The molecule has 0 saturated heterocycles. The first-order valence-electron chi connectivity index (χ1n) is 6.20. The van der Waals surface area contributed by atoms with E-state index >= 15 is 0 Å². The second kappa shape index (κ2) is 6.28. The van der Waals surface area contributed by atoms with Gasteiger partial charge in [-0.15, -0.1) is 0 Å². The molecule has 0 amide bonds. The van der Waals surface area contributed by atoms with Crippen molar-refractivity contribution in [2.75, 3.05) is 13.2 Å². The predicted octanol–water partition coefficient (Wildman–Crippen LogP) is 2.74. The lowest BCUT2D eigenvalue weighted by molar-refractivity contribution is 0.107. The lowest BCUT2D eigenvalue weighted by atomic mass is 9.77. The van der Waals surface area contributed by atoms with E-state index in [1.165, 1.54) is 6.07 Å². The Morgan fingerprint density at radius 3 is 2.42 bits per heavy atom. The highest BCUT2D eigenvalue weighted by molar-refractivity contribution is 7.07. The molecule has 102 valence electrons. The van der Waals surface area contributed by atoms with Crippen molar-refractivity contribution in [2.24, 2.45) is 0 Å². The first-order chi connectivity index (χ1) is 9.22. The van der Waals surface area contributed by atoms with Crippen LogP contribution in [-0.2, 0) is 11.8 Å². The number of aliphatic hydroxyl groups excluding tert-OH is 2. The van der Waals surface area contributed by atoms with Crippen molar-refractivity contribution >= 4 is 11.3 Å². The van der Waals surface area contributed by atoms with Gasteiger partial charge in [-0.25, -0.2) is 4.39 Å². The molecule has 0 atom stereocenters. The van der Waals surface area contributed by atoms with Crippen molar-refractivity contribution in [1.82, 2.24) is 0 Å². The average molecular weight is 280 g/mol. The molecule has 1 heterocycles. The van der Waals surface area contributed by atoms with Crippen LogP contribution in [0.25, 0.3) is 0 Å². The van der Waals surface area contributed by atoms with E-state index < -0.39 is 5.41 Å². The first kappa shape index (κ1) is 14.2. The smallest absolute Gasteiger partial charge is 0.127 e. The summed E-state index contributed by atoms with van der Waals surface area (Å²) in [6.07, 6.45) is 1.22. The van der Waals surface area contributed by atoms with Crippen LogP contribution in [0.3, 0.4) is 0 Å². The molecular formula is C15H17FO2S. The third-order valence-electron chi connectivity index (χ3n) is 3.52. The lowest BCUT2D eigenvalue weighted by Crippen LogP contribution is -2.36. The van der Waals surface area contributed by atoms with Gasteiger partial charge in [0.2, 0.25) is 0 Å². The topological polar surface area (TPSA) is 40.5 Å². The van der Waals surface area contributed by atoms with Crippen LogP contribution in [-0.4, -0.2) is 23.4 Å². The molecule has 0 radical (unpaired) electrons. The summed E-state index contributed by atoms with van der Waals surface area (Å²) in [6.45, 7) is -0.539. The van der Waals surface area contributed by atoms with Crippen molar-refractivity contribution in [2.45, 2.75) is 18.3 Å². The second-order valence-electron chi connectivity index (χ2n) is 4.71. The van der Waals surface area contributed by atoms with Crippen molar-refractivity contribution in [3.8, 4) is 0 Å². The maximum Gasteiger partial charge on any atom is 0.127 e. The number of hydrogen-bond donors (Lipinski definition) is 2. The van der Waals surface area contributed by atoms with Crippen molar-refractivity contribution < 1.29 is 14.6 Å². The minimum atomic E-state index is -0.923. The summed E-state index contributed by atoms with van der Waals surface area (Å²) in [5.74, 6) is -0.379. The molecule has 0 aliphatic rings. The maximum absolute atomic E-state index is 13.9. The fourth-order valence-electron chi connectivity index (χ4n) is 2.22. The van der Waals surface area contributed by atoms with Gasteiger partial charge in [0.15, 0.2) is 0 Å². The summed E-state index contributed by atoms with van der Waals surface area (Å²) in [6, 6.07) is 8.33. The number of aryl methyl sites for hydroxylation is 1. The quantitative estimate of drug-likeness (QED) is 0.854. The van der Waals surface area contributed by atoms with E-state index in [1.54, 1.807) is 29.5 Å². The molecule has 2 aromatic rings. The van der Waals surface area contributed by atoms with Gasteiger partial charge in [0, 0.05) is 5.41 Å². The molecule has 19 heavy (non-hydrogen) atoms. The molecule has 0 unspecified atom stereocenters. The molecule has 0 saturated carbocycles. The van der Waals surface area contributed by atoms with E-state index in [9.17, 15) is 14.6 Å². The van der Waals surface area contributed by atoms with Gasteiger partial charge < -0.3 is 10.2 Å². The van der Waals surface area contributed by atoms with Crippen molar-refractivity contribution in [3.05, 3.63) is 58.0 Å². The zero-order valence-electron chi connectivity index (χ0n) is 10.6. The minimum Gasteiger partial charge on any atom is -0.395 e. The van der Waals surface area contributed by atoms with Crippen LogP contribution in [0.15, 0.2) is 41.1 Å². The molecule has 0 aliphatic carbocycles. The van der Waals surface area contributed by atoms with Crippen LogP contribution in [0.1, 0.15) is 17.5 Å². The highest BCUT2D eigenvalue weighted by Crippen LogP contribution is 2.31. The number of halogens is 1. The Hall–Kier alpha value is -1.23. The average Bonchev–Trinajstić information content (AvgIpc) is 2.95. The molecule has 4 heteroatoms. The molecular weight excluding hydrogens is 263 g/mol. The van der Waals surface area contributed by atoms with Gasteiger partial charge in [0.1, 0.15) is 5.82 Å². The highest BCUT2D eigenvalue weighted by Gasteiger charge is 2.33. The summed E-state index contributed by atoms with van der Waals surface area (Å²) in [7, 11) is 0. The maximum atomic E-state index is 13.9. The Morgan fingerprint density at radius 2 is 1.84 bits per heavy atom. The van der Waals surface area contributed by atoms with Crippen molar-refractivity contribution in [1.29, 1.82) is 0 Å². The van der Waals surface area contributed by atoms with E-state index in [4.69, 9.17) is 0 Å². The first-order valence-corrected chi connectivity index (χ1v) is 7.14. The third kappa shape index (κ3) is 3.03. The van der Waals surface area contributed by atoms with E-state index in [2.05, 4.69) is 0 Å². The van der Waals surface area contributed by atoms with Gasteiger partial charge >= 0.3 is 0 Å². The Bertz CT molecular complexity index is 507.